The molecule has 0 unspecified atom stereocenters. The summed E-state index contributed by atoms with van der Waals surface area (Å²) in [5.41, 5.74) is -0.0194. The van der Waals surface area contributed by atoms with E-state index in [9.17, 15) is 10.1 Å². The molecule has 7 nitrogen and oxygen atoms in total. The van der Waals surface area contributed by atoms with Gasteiger partial charge in [0.25, 0.3) is 0 Å². The highest BCUT2D eigenvalue weighted by Gasteiger charge is 2.15. The van der Waals surface area contributed by atoms with Crippen molar-refractivity contribution in [2.75, 3.05) is 37.4 Å². The van der Waals surface area contributed by atoms with Crippen molar-refractivity contribution >= 4 is 17.3 Å². The van der Waals surface area contributed by atoms with E-state index < -0.39 is 4.92 Å². The minimum atomic E-state index is -0.443. The van der Waals surface area contributed by atoms with Gasteiger partial charge in [0.05, 0.1) is 4.92 Å². The Bertz CT molecular complexity index is 398. The van der Waals surface area contributed by atoms with Crippen molar-refractivity contribution in [1.82, 2.24) is 4.98 Å². The van der Waals surface area contributed by atoms with E-state index in [4.69, 9.17) is 4.74 Å². The molecular weight excluding hydrogens is 236 g/mol. The second-order valence-electron chi connectivity index (χ2n) is 3.62. The Labute approximate surface area is 106 Å². The van der Waals surface area contributed by atoms with Crippen LogP contribution >= 0.6 is 0 Å². The van der Waals surface area contributed by atoms with Crippen molar-refractivity contribution in [3.63, 3.8) is 0 Å². The maximum atomic E-state index is 10.9. The van der Waals surface area contributed by atoms with Crippen LogP contribution in [0.4, 0.5) is 17.3 Å². The smallest absolute Gasteiger partial charge is 0.311 e. The van der Waals surface area contributed by atoms with Gasteiger partial charge < -0.3 is 15.4 Å². The van der Waals surface area contributed by atoms with Crippen LogP contribution in [0.1, 0.15) is 13.3 Å². The number of nitrogens with one attached hydrogen (secondary N) is 2. The maximum Gasteiger partial charge on any atom is 0.311 e. The number of aromatic nitrogens is 1. The number of rotatable bonds is 8. The van der Waals surface area contributed by atoms with Crippen molar-refractivity contribution in [2.24, 2.45) is 0 Å². The minimum absolute atomic E-state index is 0.0194. The lowest BCUT2D eigenvalue weighted by atomic mass is 10.3. The summed E-state index contributed by atoms with van der Waals surface area (Å²) in [5.74, 6) is 0.909. The van der Waals surface area contributed by atoms with Gasteiger partial charge >= 0.3 is 5.69 Å². The highest BCUT2D eigenvalue weighted by atomic mass is 16.6. The third-order valence-electron chi connectivity index (χ3n) is 2.25. The first-order valence-electron chi connectivity index (χ1n) is 5.81. The lowest BCUT2D eigenvalue weighted by molar-refractivity contribution is -0.384. The first kappa shape index (κ1) is 14.2. The third-order valence-corrected chi connectivity index (χ3v) is 2.25. The van der Waals surface area contributed by atoms with Gasteiger partial charge in [-0.3, -0.25) is 10.1 Å². The van der Waals surface area contributed by atoms with Crippen LogP contribution in [0.15, 0.2) is 12.1 Å². The average Bonchev–Trinajstić information content (AvgIpc) is 2.35. The van der Waals surface area contributed by atoms with Crippen LogP contribution in [0.3, 0.4) is 0 Å². The number of nitrogens with zero attached hydrogens (tertiary/aromatic N) is 2. The first-order valence-corrected chi connectivity index (χ1v) is 5.81. The monoisotopic (exact) mass is 254 g/mol. The summed E-state index contributed by atoms with van der Waals surface area (Å²) in [6.07, 6.45) is 0.765. The number of anilines is 2. The van der Waals surface area contributed by atoms with Crippen molar-refractivity contribution in [2.45, 2.75) is 13.3 Å². The molecule has 0 aliphatic rings. The molecule has 7 heteroatoms. The van der Waals surface area contributed by atoms with Crippen LogP contribution in [0.25, 0.3) is 0 Å². The summed E-state index contributed by atoms with van der Waals surface area (Å²) in [6.45, 7) is 3.84. The van der Waals surface area contributed by atoms with Crippen molar-refractivity contribution in [3.05, 3.63) is 22.2 Å². The van der Waals surface area contributed by atoms with Gasteiger partial charge in [-0.05, 0) is 19.4 Å². The topological polar surface area (TPSA) is 89.3 Å². The van der Waals surface area contributed by atoms with E-state index in [0.29, 0.717) is 25.5 Å². The van der Waals surface area contributed by atoms with E-state index in [-0.39, 0.29) is 11.5 Å². The van der Waals surface area contributed by atoms with Crippen LogP contribution in [-0.4, -0.2) is 36.7 Å². The predicted molar refractivity (Wildman–Crippen MR) is 70.0 cm³/mol. The van der Waals surface area contributed by atoms with Gasteiger partial charge in [0.2, 0.25) is 5.82 Å². The molecule has 0 spiro atoms. The molecule has 0 amide bonds. The minimum Gasteiger partial charge on any atom is -0.385 e. The molecule has 18 heavy (non-hydrogen) atoms. The first-order chi connectivity index (χ1) is 8.69. The molecule has 0 saturated heterocycles. The molecule has 0 aromatic carbocycles. The quantitative estimate of drug-likeness (QED) is 0.418. The predicted octanol–water partition coefficient (Wildman–Crippen LogP) is 1.87. The standard InChI is InChI=1S/C11H18N4O3/c1-3-12-10-6-5-9(15(16)17)11(14-10)13-7-4-8-18-2/h5-6H,3-4,7-8H2,1-2H3,(H2,12,13,14). The number of nitro groups is 1. The molecule has 0 aliphatic heterocycles. The summed E-state index contributed by atoms with van der Waals surface area (Å²) in [7, 11) is 1.62. The normalized spacial score (nSPS) is 10.1. The molecule has 1 heterocycles. The van der Waals surface area contributed by atoms with E-state index in [1.165, 1.54) is 6.07 Å². The largest absolute Gasteiger partial charge is 0.385 e. The molecule has 1 aromatic rings. The molecule has 1 rings (SSSR count). The molecule has 1 aromatic heterocycles. The highest BCUT2D eigenvalue weighted by Crippen LogP contribution is 2.23. The Morgan fingerprint density at radius 1 is 1.44 bits per heavy atom. The van der Waals surface area contributed by atoms with Crippen LogP contribution in [0.5, 0.6) is 0 Å². The molecule has 100 valence electrons. The van der Waals surface area contributed by atoms with E-state index in [0.717, 1.165) is 6.42 Å². The molecule has 0 saturated carbocycles. The second kappa shape index (κ2) is 7.44. The van der Waals surface area contributed by atoms with Gasteiger partial charge in [-0.2, -0.15) is 0 Å². The van der Waals surface area contributed by atoms with E-state index in [1.807, 2.05) is 6.92 Å². The van der Waals surface area contributed by atoms with Gasteiger partial charge in [0.1, 0.15) is 5.82 Å². The van der Waals surface area contributed by atoms with Gasteiger partial charge in [0, 0.05) is 32.9 Å². The molecule has 0 bridgehead atoms. The van der Waals surface area contributed by atoms with Crippen LogP contribution in [0.2, 0.25) is 0 Å². The lowest BCUT2D eigenvalue weighted by Gasteiger charge is -2.08. The molecular formula is C11H18N4O3. The fourth-order valence-corrected chi connectivity index (χ4v) is 1.43. The Morgan fingerprint density at radius 3 is 2.83 bits per heavy atom. The summed E-state index contributed by atoms with van der Waals surface area (Å²) in [5, 5.41) is 16.8. The van der Waals surface area contributed by atoms with Gasteiger partial charge in [-0.1, -0.05) is 0 Å². The second-order valence-corrected chi connectivity index (χ2v) is 3.62. The highest BCUT2D eigenvalue weighted by molar-refractivity contribution is 5.60. The van der Waals surface area contributed by atoms with E-state index in [2.05, 4.69) is 15.6 Å². The molecule has 2 N–H and O–H groups in total. The summed E-state index contributed by atoms with van der Waals surface area (Å²) < 4.78 is 4.91. The Balaban J connectivity index is 2.76. The fraction of sp³-hybridized carbons (Fsp3) is 0.545. The van der Waals surface area contributed by atoms with Crippen LogP contribution in [0, 0.1) is 10.1 Å². The van der Waals surface area contributed by atoms with Crippen LogP contribution < -0.4 is 10.6 Å². The molecule has 0 aliphatic carbocycles. The lowest BCUT2D eigenvalue weighted by Crippen LogP contribution is -2.09. The van der Waals surface area contributed by atoms with Crippen molar-refractivity contribution in [3.8, 4) is 0 Å². The van der Waals surface area contributed by atoms with E-state index >= 15 is 0 Å². The Hall–Kier alpha value is -1.89. The Morgan fingerprint density at radius 2 is 2.22 bits per heavy atom. The zero-order valence-electron chi connectivity index (χ0n) is 10.6. The Kier molecular flexibility index (Phi) is 5.86. The third kappa shape index (κ3) is 4.17. The summed E-state index contributed by atoms with van der Waals surface area (Å²) in [4.78, 5) is 14.6. The van der Waals surface area contributed by atoms with Crippen molar-refractivity contribution in [1.29, 1.82) is 0 Å². The number of pyridine rings is 1. The molecule has 0 fully saturated rings. The number of hydrogen-bond acceptors (Lipinski definition) is 6. The number of ether oxygens (including phenoxy) is 1. The van der Waals surface area contributed by atoms with Gasteiger partial charge in [0.15, 0.2) is 0 Å². The van der Waals surface area contributed by atoms with Crippen molar-refractivity contribution < 1.29 is 9.66 Å². The zero-order chi connectivity index (χ0) is 13.4. The molecule has 0 atom stereocenters. The maximum absolute atomic E-state index is 10.9. The zero-order valence-corrected chi connectivity index (χ0v) is 10.6. The van der Waals surface area contributed by atoms with E-state index in [1.54, 1.807) is 13.2 Å². The fourth-order valence-electron chi connectivity index (χ4n) is 1.43. The SMILES string of the molecule is CCNc1ccc([N+](=O)[O-])c(NCCCOC)n1. The summed E-state index contributed by atoms with van der Waals surface area (Å²) >= 11 is 0. The van der Waals surface area contributed by atoms with Gasteiger partial charge in [-0.25, -0.2) is 4.98 Å². The number of methoxy groups -OCH3 is 1. The van der Waals surface area contributed by atoms with Gasteiger partial charge in [-0.15, -0.1) is 0 Å². The number of hydrogen-bond donors (Lipinski definition) is 2. The molecule has 0 radical (unpaired) electrons. The average molecular weight is 254 g/mol. The van der Waals surface area contributed by atoms with Crippen LogP contribution in [-0.2, 0) is 4.74 Å². The summed E-state index contributed by atoms with van der Waals surface area (Å²) in [6, 6.07) is 3.05.